The van der Waals surface area contributed by atoms with E-state index in [4.69, 9.17) is 4.84 Å². The van der Waals surface area contributed by atoms with Gasteiger partial charge in [-0.3, -0.25) is 9.82 Å². The first kappa shape index (κ1) is 10.8. The molecule has 0 aliphatic heterocycles. The molecule has 2 aromatic rings. The van der Waals surface area contributed by atoms with Gasteiger partial charge >= 0.3 is 0 Å². The second kappa shape index (κ2) is 5.39. The molecule has 0 amide bonds. The van der Waals surface area contributed by atoms with E-state index in [1.807, 2.05) is 48.5 Å². The zero-order valence-corrected chi connectivity index (χ0v) is 9.13. The molecule has 16 heavy (non-hydrogen) atoms. The van der Waals surface area contributed by atoms with Gasteiger partial charge < -0.3 is 0 Å². The first-order valence-corrected chi connectivity index (χ1v) is 5.20. The van der Waals surface area contributed by atoms with Crippen molar-refractivity contribution in [2.75, 3.05) is 7.05 Å². The lowest BCUT2D eigenvalue weighted by Crippen LogP contribution is -2.16. The van der Waals surface area contributed by atoms with E-state index in [1.165, 1.54) is 0 Å². The molecule has 0 saturated carbocycles. The molecule has 1 aromatic heterocycles. The summed E-state index contributed by atoms with van der Waals surface area (Å²) in [4.78, 5) is 9.81. The van der Waals surface area contributed by atoms with Crippen molar-refractivity contribution in [1.29, 1.82) is 0 Å². The lowest BCUT2D eigenvalue weighted by molar-refractivity contribution is 0.00751. The van der Waals surface area contributed by atoms with Gasteiger partial charge in [0.15, 0.2) is 0 Å². The van der Waals surface area contributed by atoms with E-state index in [0.717, 1.165) is 11.3 Å². The molecule has 3 heteroatoms. The highest BCUT2D eigenvalue weighted by Gasteiger charge is 2.14. The van der Waals surface area contributed by atoms with Crippen LogP contribution < -0.4 is 5.48 Å². The normalized spacial score (nSPS) is 12.3. The summed E-state index contributed by atoms with van der Waals surface area (Å²) in [6.07, 6.45) is 1.59. The maximum Gasteiger partial charge on any atom is 0.146 e. The second-order valence-corrected chi connectivity index (χ2v) is 3.37. The first-order valence-electron chi connectivity index (χ1n) is 5.20. The van der Waals surface area contributed by atoms with Gasteiger partial charge in [-0.25, -0.2) is 5.48 Å². The molecule has 0 radical (unpaired) electrons. The molecule has 82 valence electrons. The lowest BCUT2D eigenvalue weighted by Gasteiger charge is -2.16. The van der Waals surface area contributed by atoms with Gasteiger partial charge in [0.05, 0.1) is 5.69 Å². The molecule has 0 bridgehead atoms. The minimum absolute atomic E-state index is 0.174. The van der Waals surface area contributed by atoms with Gasteiger partial charge in [-0.15, -0.1) is 0 Å². The summed E-state index contributed by atoms with van der Waals surface area (Å²) >= 11 is 0. The Labute approximate surface area is 95.1 Å². The number of rotatable bonds is 4. The molecule has 3 nitrogen and oxygen atoms in total. The van der Waals surface area contributed by atoms with Crippen LogP contribution in [-0.2, 0) is 4.84 Å². The Morgan fingerprint density at radius 1 is 1.06 bits per heavy atom. The van der Waals surface area contributed by atoms with Crippen LogP contribution in [0, 0.1) is 0 Å². The van der Waals surface area contributed by atoms with Crippen molar-refractivity contribution < 1.29 is 4.84 Å². The van der Waals surface area contributed by atoms with E-state index in [0.29, 0.717) is 0 Å². The molecule has 1 heterocycles. The molecule has 1 unspecified atom stereocenters. The number of nitrogens with zero attached hydrogens (tertiary/aromatic N) is 1. The van der Waals surface area contributed by atoms with Crippen molar-refractivity contribution in [1.82, 2.24) is 10.5 Å². The number of hydroxylamine groups is 1. The first-order chi connectivity index (χ1) is 7.92. The third-order valence-electron chi connectivity index (χ3n) is 2.29. The average molecular weight is 214 g/mol. The lowest BCUT2D eigenvalue weighted by atomic mass is 10.1. The van der Waals surface area contributed by atoms with Crippen molar-refractivity contribution in [3.63, 3.8) is 0 Å². The van der Waals surface area contributed by atoms with E-state index in [-0.39, 0.29) is 6.10 Å². The number of aromatic nitrogens is 1. The summed E-state index contributed by atoms with van der Waals surface area (Å²) in [6, 6.07) is 15.8. The average Bonchev–Trinajstić information content (AvgIpc) is 2.38. The van der Waals surface area contributed by atoms with Gasteiger partial charge in [-0.1, -0.05) is 36.4 Å². The summed E-state index contributed by atoms with van der Waals surface area (Å²) in [7, 11) is 1.75. The van der Waals surface area contributed by atoms with Crippen LogP contribution in [0.1, 0.15) is 17.4 Å². The highest BCUT2D eigenvalue weighted by atomic mass is 16.7. The Bertz CT molecular complexity index is 377. The summed E-state index contributed by atoms with van der Waals surface area (Å²) in [5.74, 6) is 0. The fourth-order valence-electron chi connectivity index (χ4n) is 1.58. The van der Waals surface area contributed by atoms with Gasteiger partial charge in [-0.05, 0) is 17.7 Å². The van der Waals surface area contributed by atoms with Crippen LogP contribution in [0.15, 0.2) is 54.7 Å². The van der Waals surface area contributed by atoms with Crippen LogP contribution in [0.3, 0.4) is 0 Å². The molecule has 1 N–H and O–H groups in total. The quantitative estimate of drug-likeness (QED) is 0.793. The van der Waals surface area contributed by atoms with E-state index in [2.05, 4.69) is 10.5 Å². The molecule has 0 fully saturated rings. The van der Waals surface area contributed by atoms with E-state index in [1.54, 1.807) is 13.2 Å². The largest absolute Gasteiger partial charge is 0.288 e. The van der Waals surface area contributed by atoms with Gasteiger partial charge in [0.25, 0.3) is 0 Å². The van der Waals surface area contributed by atoms with Crippen molar-refractivity contribution in [2.45, 2.75) is 6.10 Å². The van der Waals surface area contributed by atoms with Crippen LogP contribution in [-0.4, -0.2) is 12.0 Å². The maximum atomic E-state index is 5.50. The van der Waals surface area contributed by atoms with E-state index >= 15 is 0 Å². The van der Waals surface area contributed by atoms with Crippen molar-refractivity contribution in [3.8, 4) is 0 Å². The number of hydrogen-bond acceptors (Lipinski definition) is 3. The smallest absolute Gasteiger partial charge is 0.146 e. The van der Waals surface area contributed by atoms with Crippen LogP contribution in [0.4, 0.5) is 0 Å². The summed E-state index contributed by atoms with van der Waals surface area (Å²) < 4.78 is 0. The number of benzene rings is 1. The molecule has 1 atom stereocenters. The minimum atomic E-state index is -0.174. The molecular weight excluding hydrogens is 200 g/mol. The van der Waals surface area contributed by atoms with Crippen LogP contribution in [0.5, 0.6) is 0 Å². The Morgan fingerprint density at radius 2 is 1.81 bits per heavy atom. The standard InChI is InChI=1S/C13H14N2O/c1-14-16-13(11-7-3-2-4-8-11)12-9-5-6-10-15-12/h2-10,13-14H,1H3. The highest BCUT2D eigenvalue weighted by molar-refractivity contribution is 5.25. The predicted molar refractivity (Wildman–Crippen MR) is 62.7 cm³/mol. The van der Waals surface area contributed by atoms with Crippen LogP contribution >= 0.6 is 0 Å². The van der Waals surface area contributed by atoms with Gasteiger partial charge in [0.2, 0.25) is 0 Å². The van der Waals surface area contributed by atoms with E-state index < -0.39 is 0 Å². The molecule has 0 spiro atoms. The molecule has 0 saturated heterocycles. The number of hydrogen-bond donors (Lipinski definition) is 1. The van der Waals surface area contributed by atoms with Crippen molar-refractivity contribution in [2.24, 2.45) is 0 Å². The highest BCUT2D eigenvalue weighted by Crippen LogP contribution is 2.22. The Kier molecular flexibility index (Phi) is 3.64. The Balaban J connectivity index is 2.31. The topological polar surface area (TPSA) is 34.1 Å². The third kappa shape index (κ3) is 2.45. The third-order valence-corrected chi connectivity index (χ3v) is 2.29. The van der Waals surface area contributed by atoms with Crippen molar-refractivity contribution in [3.05, 3.63) is 66.0 Å². The van der Waals surface area contributed by atoms with Gasteiger partial charge in [0.1, 0.15) is 6.10 Å². The Hall–Kier alpha value is -1.71. The second-order valence-electron chi connectivity index (χ2n) is 3.37. The zero-order chi connectivity index (χ0) is 11.2. The Morgan fingerprint density at radius 3 is 2.44 bits per heavy atom. The van der Waals surface area contributed by atoms with Gasteiger partial charge in [0, 0.05) is 13.2 Å². The number of nitrogens with one attached hydrogen (secondary N) is 1. The minimum Gasteiger partial charge on any atom is -0.288 e. The zero-order valence-electron chi connectivity index (χ0n) is 9.13. The summed E-state index contributed by atoms with van der Waals surface area (Å²) in [5, 5.41) is 0. The van der Waals surface area contributed by atoms with Gasteiger partial charge in [-0.2, -0.15) is 0 Å². The predicted octanol–water partition coefficient (Wildman–Crippen LogP) is 2.32. The fraction of sp³-hybridized carbons (Fsp3) is 0.154. The van der Waals surface area contributed by atoms with E-state index in [9.17, 15) is 0 Å². The summed E-state index contributed by atoms with van der Waals surface area (Å²) in [5.41, 5.74) is 4.70. The molecule has 0 aliphatic carbocycles. The number of pyridine rings is 1. The molecular formula is C13H14N2O. The monoisotopic (exact) mass is 214 g/mol. The molecule has 1 aromatic carbocycles. The van der Waals surface area contributed by atoms with Crippen molar-refractivity contribution >= 4 is 0 Å². The SMILES string of the molecule is CNOC(c1ccccc1)c1ccccn1. The fourth-order valence-corrected chi connectivity index (χ4v) is 1.58. The molecule has 0 aliphatic rings. The molecule has 2 rings (SSSR count). The van der Waals surface area contributed by atoms with Crippen LogP contribution in [0.2, 0.25) is 0 Å². The van der Waals surface area contributed by atoms with Crippen LogP contribution in [0.25, 0.3) is 0 Å². The maximum absolute atomic E-state index is 5.50. The summed E-state index contributed by atoms with van der Waals surface area (Å²) in [6.45, 7) is 0.